The molecule has 0 aromatic heterocycles. The second kappa shape index (κ2) is 7.27. The van der Waals surface area contributed by atoms with Gasteiger partial charge in [-0.25, -0.2) is 0 Å². The molecule has 1 aromatic carbocycles. The summed E-state index contributed by atoms with van der Waals surface area (Å²) in [6.45, 7) is 1.11. The molecule has 0 aliphatic carbocycles. The monoisotopic (exact) mass is 238 g/mol. The van der Waals surface area contributed by atoms with Crippen molar-refractivity contribution in [3.05, 3.63) is 29.3 Å². The van der Waals surface area contributed by atoms with E-state index in [1.54, 1.807) is 7.11 Å². The van der Waals surface area contributed by atoms with Gasteiger partial charge in [0.05, 0.1) is 13.2 Å². The van der Waals surface area contributed by atoms with Crippen molar-refractivity contribution >= 4 is 0 Å². The number of nitrogens with two attached hydrogens (primary N) is 1. The lowest BCUT2D eigenvalue weighted by Crippen LogP contribution is -2.24. The van der Waals surface area contributed by atoms with E-state index in [1.165, 1.54) is 5.56 Å². The Morgan fingerprint density at radius 3 is 2.76 bits per heavy atom. The van der Waals surface area contributed by atoms with E-state index in [0.29, 0.717) is 13.1 Å². The summed E-state index contributed by atoms with van der Waals surface area (Å²) in [5.74, 6) is 0.824. The van der Waals surface area contributed by atoms with Gasteiger partial charge in [0, 0.05) is 13.1 Å². The van der Waals surface area contributed by atoms with Crippen molar-refractivity contribution in [2.45, 2.75) is 25.5 Å². The Hall–Kier alpha value is -1.10. The number of methoxy groups -OCH3 is 1. The molecule has 1 unspecified atom stereocenters. The highest BCUT2D eigenvalue weighted by molar-refractivity contribution is 5.35. The molecule has 0 radical (unpaired) electrons. The van der Waals surface area contributed by atoms with Crippen LogP contribution in [0, 0.1) is 0 Å². The summed E-state index contributed by atoms with van der Waals surface area (Å²) in [6.07, 6.45) is 1.26. The molecule has 4 N–H and O–H groups in total. The van der Waals surface area contributed by atoms with Crippen molar-refractivity contribution in [3.63, 3.8) is 0 Å². The fraction of sp³-hybridized carbons (Fsp3) is 0.538. The van der Waals surface area contributed by atoms with Crippen molar-refractivity contribution in [2.75, 3.05) is 20.7 Å². The standard InChI is InChI=1S/C13H22N2O2/c1-15-9-12(16)5-3-10-4-6-13(17-2)7-11(10)8-14/h4,6-7,12,15-16H,3,5,8-9,14H2,1-2H3. The van der Waals surface area contributed by atoms with E-state index >= 15 is 0 Å². The van der Waals surface area contributed by atoms with Crippen molar-refractivity contribution < 1.29 is 9.84 Å². The van der Waals surface area contributed by atoms with Crippen LogP contribution in [0.25, 0.3) is 0 Å². The van der Waals surface area contributed by atoms with Crippen LogP contribution in [-0.2, 0) is 13.0 Å². The first-order valence-corrected chi connectivity index (χ1v) is 5.89. The topological polar surface area (TPSA) is 67.5 Å². The minimum absolute atomic E-state index is 0.312. The zero-order valence-corrected chi connectivity index (χ0v) is 10.6. The summed E-state index contributed by atoms with van der Waals surface area (Å²) in [4.78, 5) is 0. The Labute approximate surface area is 103 Å². The first-order valence-electron chi connectivity index (χ1n) is 5.89. The first kappa shape index (κ1) is 14.0. The number of aryl methyl sites for hydroxylation is 1. The van der Waals surface area contributed by atoms with E-state index < -0.39 is 0 Å². The fourth-order valence-corrected chi connectivity index (χ4v) is 1.82. The van der Waals surface area contributed by atoms with Crippen LogP contribution in [0.1, 0.15) is 17.5 Å². The molecule has 0 aliphatic heterocycles. The molecule has 0 saturated carbocycles. The number of likely N-dealkylation sites (N-methyl/N-ethyl adjacent to an activating group) is 1. The van der Waals surface area contributed by atoms with Gasteiger partial charge in [0.1, 0.15) is 5.75 Å². The van der Waals surface area contributed by atoms with Crippen molar-refractivity contribution in [3.8, 4) is 5.75 Å². The zero-order valence-electron chi connectivity index (χ0n) is 10.6. The second-order valence-corrected chi connectivity index (χ2v) is 4.09. The SMILES string of the molecule is CNCC(O)CCc1ccc(OC)cc1CN. The van der Waals surface area contributed by atoms with Crippen LogP contribution in [0.3, 0.4) is 0 Å². The molecule has 17 heavy (non-hydrogen) atoms. The predicted molar refractivity (Wildman–Crippen MR) is 69.1 cm³/mol. The Balaban J connectivity index is 2.63. The minimum atomic E-state index is -0.312. The molecule has 1 rings (SSSR count). The Morgan fingerprint density at radius 2 is 2.18 bits per heavy atom. The Morgan fingerprint density at radius 1 is 1.41 bits per heavy atom. The lowest BCUT2D eigenvalue weighted by atomic mass is 10.0. The van der Waals surface area contributed by atoms with E-state index in [9.17, 15) is 5.11 Å². The summed E-state index contributed by atoms with van der Waals surface area (Å²) < 4.78 is 5.16. The number of ether oxygens (including phenoxy) is 1. The van der Waals surface area contributed by atoms with E-state index in [4.69, 9.17) is 10.5 Å². The van der Waals surface area contributed by atoms with Crippen LogP contribution in [-0.4, -0.2) is 31.9 Å². The first-order chi connectivity index (χ1) is 8.21. The average molecular weight is 238 g/mol. The highest BCUT2D eigenvalue weighted by Crippen LogP contribution is 2.19. The van der Waals surface area contributed by atoms with E-state index in [-0.39, 0.29) is 6.10 Å². The summed E-state index contributed by atoms with van der Waals surface area (Å²) in [5.41, 5.74) is 7.98. The summed E-state index contributed by atoms with van der Waals surface area (Å²) in [7, 11) is 3.48. The van der Waals surface area contributed by atoms with Crippen LogP contribution in [0.4, 0.5) is 0 Å². The maximum absolute atomic E-state index is 9.66. The molecule has 0 saturated heterocycles. The van der Waals surface area contributed by atoms with Gasteiger partial charge in [-0.05, 0) is 43.1 Å². The van der Waals surface area contributed by atoms with Crippen LogP contribution >= 0.6 is 0 Å². The predicted octanol–water partition coefficient (Wildman–Crippen LogP) is 0.667. The summed E-state index contributed by atoms with van der Waals surface area (Å²) in [5, 5.41) is 12.6. The largest absolute Gasteiger partial charge is 0.497 e. The van der Waals surface area contributed by atoms with Crippen molar-refractivity contribution in [2.24, 2.45) is 5.73 Å². The number of aliphatic hydroxyl groups excluding tert-OH is 1. The van der Waals surface area contributed by atoms with Gasteiger partial charge in [0.2, 0.25) is 0 Å². The number of rotatable bonds is 7. The van der Waals surface area contributed by atoms with Crippen LogP contribution < -0.4 is 15.8 Å². The molecular weight excluding hydrogens is 216 g/mol. The third-order valence-corrected chi connectivity index (χ3v) is 2.82. The third kappa shape index (κ3) is 4.34. The molecule has 4 heteroatoms. The van der Waals surface area contributed by atoms with Gasteiger partial charge in [-0.3, -0.25) is 0 Å². The molecule has 0 aliphatic rings. The zero-order chi connectivity index (χ0) is 12.7. The maximum atomic E-state index is 9.66. The highest BCUT2D eigenvalue weighted by atomic mass is 16.5. The molecule has 0 fully saturated rings. The van der Waals surface area contributed by atoms with Gasteiger partial charge in [-0.2, -0.15) is 0 Å². The highest BCUT2D eigenvalue weighted by Gasteiger charge is 2.07. The smallest absolute Gasteiger partial charge is 0.119 e. The molecule has 0 heterocycles. The van der Waals surface area contributed by atoms with Gasteiger partial charge in [0.15, 0.2) is 0 Å². The molecule has 0 spiro atoms. The van der Waals surface area contributed by atoms with E-state index in [0.717, 1.165) is 24.2 Å². The lowest BCUT2D eigenvalue weighted by molar-refractivity contribution is 0.164. The molecule has 1 atom stereocenters. The second-order valence-electron chi connectivity index (χ2n) is 4.09. The van der Waals surface area contributed by atoms with Gasteiger partial charge < -0.3 is 20.9 Å². The Kier molecular flexibility index (Phi) is 5.97. The van der Waals surface area contributed by atoms with Gasteiger partial charge in [0.25, 0.3) is 0 Å². The fourth-order valence-electron chi connectivity index (χ4n) is 1.82. The average Bonchev–Trinajstić information content (AvgIpc) is 2.36. The normalized spacial score (nSPS) is 12.5. The molecular formula is C13H22N2O2. The number of nitrogens with one attached hydrogen (secondary N) is 1. The summed E-state index contributed by atoms with van der Waals surface area (Å²) >= 11 is 0. The van der Waals surface area contributed by atoms with E-state index in [1.807, 2.05) is 25.2 Å². The number of aliphatic hydroxyl groups is 1. The van der Waals surface area contributed by atoms with Crippen LogP contribution in [0.5, 0.6) is 5.75 Å². The van der Waals surface area contributed by atoms with Crippen LogP contribution in [0.2, 0.25) is 0 Å². The molecule has 96 valence electrons. The van der Waals surface area contributed by atoms with E-state index in [2.05, 4.69) is 5.32 Å². The number of benzene rings is 1. The third-order valence-electron chi connectivity index (χ3n) is 2.82. The maximum Gasteiger partial charge on any atom is 0.119 e. The van der Waals surface area contributed by atoms with Crippen molar-refractivity contribution in [1.29, 1.82) is 0 Å². The minimum Gasteiger partial charge on any atom is -0.497 e. The summed E-state index contributed by atoms with van der Waals surface area (Å²) in [6, 6.07) is 5.91. The van der Waals surface area contributed by atoms with Gasteiger partial charge in [-0.1, -0.05) is 6.07 Å². The molecule has 0 bridgehead atoms. The van der Waals surface area contributed by atoms with Gasteiger partial charge in [-0.15, -0.1) is 0 Å². The quantitative estimate of drug-likeness (QED) is 0.653. The number of hydrogen-bond acceptors (Lipinski definition) is 4. The molecule has 0 amide bonds. The van der Waals surface area contributed by atoms with Crippen LogP contribution in [0.15, 0.2) is 18.2 Å². The van der Waals surface area contributed by atoms with Gasteiger partial charge >= 0.3 is 0 Å². The van der Waals surface area contributed by atoms with Crippen molar-refractivity contribution in [1.82, 2.24) is 5.32 Å². The molecule has 1 aromatic rings. The molecule has 4 nitrogen and oxygen atoms in total. The lowest BCUT2D eigenvalue weighted by Gasteiger charge is -2.13. The number of hydrogen-bond donors (Lipinski definition) is 3. The Bertz CT molecular complexity index is 342.